The SMILES string of the molecule is c1ccc(-c2ccc(-n3c4ccccc4c4ccc(-c5ccc6c(-c7ccccc7)nc(-c7ccccc7)nc6c5)cc43)cc2)cc1. The lowest BCUT2D eigenvalue weighted by Crippen LogP contribution is -1.96. The fourth-order valence-electron chi connectivity index (χ4n) is 6.70. The fourth-order valence-corrected chi connectivity index (χ4v) is 6.70. The summed E-state index contributed by atoms with van der Waals surface area (Å²) in [5.41, 5.74) is 12.1. The molecule has 9 rings (SSSR count). The van der Waals surface area contributed by atoms with Crippen LogP contribution in [0.1, 0.15) is 0 Å². The van der Waals surface area contributed by atoms with Gasteiger partial charge in [0.2, 0.25) is 0 Å². The Labute approximate surface area is 273 Å². The predicted octanol–water partition coefficient (Wildman–Crippen LogP) is 11.4. The van der Waals surface area contributed by atoms with Gasteiger partial charge in [-0.25, -0.2) is 9.97 Å². The van der Waals surface area contributed by atoms with E-state index in [1.165, 1.54) is 32.9 Å². The molecule has 3 heteroatoms. The average Bonchev–Trinajstić information content (AvgIpc) is 3.49. The van der Waals surface area contributed by atoms with E-state index >= 15 is 0 Å². The molecule has 0 atom stereocenters. The minimum atomic E-state index is 0.726. The first-order chi connectivity index (χ1) is 23.3. The van der Waals surface area contributed by atoms with Crippen LogP contribution >= 0.6 is 0 Å². The Kier molecular flexibility index (Phi) is 6.46. The minimum absolute atomic E-state index is 0.726. The molecule has 0 N–H and O–H groups in total. The van der Waals surface area contributed by atoms with Crippen molar-refractivity contribution in [2.24, 2.45) is 0 Å². The number of nitrogens with zero attached hydrogens (tertiary/aromatic N) is 3. The van der Waals surface area contributed by atoms with Gasteiger partial charge in [0.15, 0.2) is 5.82 Å². The molecule has 0 spiro atoms. The molecule has 0 amide bonds. The summed E-state index contributed by atoms with van der Waals surface area (Å²) >= 11 is 0. The van der Waals surface area contributed by atoms with E-state index in [-0.39, 0.29) is 0 Å². The standard InChI is InChI=1S/C44H29N3/c1-4-12-30(13-5-1)31-20-24-36(25-21-31)47-41-19-11-10-18-37(41)38-26-22-35(29-42(38)47)34-23-27-39-40(28-34)45-44(33-16-8-3-9-17-33)46-43(39)32-14-6-2-7-15-32/h1-29H. The highest BCUT2D eigenvalue weighted by atomic mass is 15.0. The van der Waals surface area contributed by atoms with Crippen molar-refractivity contribution < 1.29 is 0 Å². The van der Waals surface area contributed by atoms with Crippen molar-refractivity contribution in [1.29, 1.82) is 0 Å². The number of hydrogen-bond donors (Lipinski definition) is 0. The summed E-state index contributed by atoms with van der Waals surface area (Å²) in [5, 5.41) is 3.51. The number of para-hydroxylation sites is 1. The van der Waals surface area contributed by atoms with Crippen molar-refractivity contribution in [2.75, 3.05) is 0 Å². The summed E-state index contributed by atoms with van der Waals surface area (Å²) in [5.74, 6) is 0.726. The topological polar surface area (TPSA) is 30.7 Å². The van der Waals surface area contributed by atoms with Crippen molar-refractivity contribution in [1.82, 2.24) is 14.5 Å². The van der Waals surface area contributed by atoms with E-state index in [1.807, 2.05) is 24.3 Å². The second-order valence-corrected chi connectivity index (χ2v) is 11.9. The highest BCUT2D eigenvalue weighted by molar-refractivity contribution is 6.10. The van der Waals surface area contributed by atoms with Gasteiger partial charge < -0.3 is 4.57 Å². The summed E-state index contributed by atoms with van der Waals surface area (Å²) in [6, 6.07) is 62.1. The van der Waals surface area contributed by atoms with Gasteiger partial charge in [-0.2, -0.15) is 0 Å². The second kappa shape index (κ2) is 11.2. The van der Waals surface area contributed by atoms with Crippen LogP contribution in [0.5, 0.6) is 0 Å². The third-order valence-electron chi connectivity index (χ3n) is 9.02. The molecular weight excluding hydrogens is 571 g/mol. The molecule has 0 unspecified atom stereocenters. The summed E-state index contributed by atoms with van der Waals surface area (Å²) in [7, 11) is 0. The fraction of sp³-hybridized carbons (Fsp3) is 0. The van der Waals surface area contributed by atoms with Crippen molar-refractivity contribution in [3.63, 3.8) is 0 Å². The molecule has 0 aliphatic rings. The van der Waals surface area contributed by atoms with Crippen LogP contribution in [0.25, 0.3) is 83.3 Å². The molecule has 0 fully saturated rings. The first kappa shape index (κ1) is 27.0. The van der Waals surface area contributed by atoms with Crippen molar-refractivity contribution in [2.45, 2.75) is 0 Å². The maximum absolute atomic E-state index is 5.10. The molecule has 9 aromatic rings. The summed E-state index contributed by atoms with van der Waals surface area (Å²) in [6.45, 7) is 0. The quantitative estimate of drug-likeness (QED) is 0.197. The zero-order chi connectivity index (χ0) is 31.2. The van der Waals surface area contributed by atoms with Crippen LogP contribution < -0.4 is 0 Å². The molecule has 47 heavy (non-hydrogen) atoms. The molecule has 0 aliphatic heterocycles. The molecule has 2 aromatic heterocycles. The third kappa shape index (κ3) is 4.77. The van der Waals surface area contributed by atoms with E-state index in [4.69, 9.17) is 9.97 Å². The highest BCUT2D eigenvalue weighted by Crippen LogP contribution is 2.37. The van der Waals surface area contributed by atoms with E-state index in [0.29, 0.717) is 0 Å². The van der Waals surface area contributed by atoms with Crippen molar-refractivity contribution in [3.05, 3.63) is 176 Å². The van der Waals surface area contributed by atoms with Gasteiger partial charge in [-0.05, 0) is 58.7 Å². The minimum Gasteiger partial charge on any atom is -0.309 e. The van der Waals surface area contributed by atoms with Crippen molar-refractivity contribution >= 4 is 32.7 Å². The molecule has 0 saturated carbocycles. The number of fused-ring (bicyclic) bond motifs is 4. The Hall–Kier alpha value is -6.32. The Morgan fingerprint density at radius 1 is 0.340 bits per heavy atom. The predicted molar refractivity (Wildman–Crippen MR) is 196 cm³/mol. The molecule has 7 aromatic carbocycles. The molecule has 0 aliphatic carbocycles. The largest absolute Gasteiger partial charge is 0.309 e. The molecule has 220 valence electrons. The lowest BCUT2D eigenvalue weighted by atomic mass is 9.99. The molecule has 3 nitrogen and oxygen atoms in total. The van der Waals surface area contributed by atoms with Crippen LogP contribution in [0, 0.1) is 0 Å². The van der Waals surface area contributed by atoms with E-state index in [0.717, 1.165) is 50.4 Å². The normalized spacial score (nSPS) is 11.4. The van der Waals surface area contributed by atoms with E-state index < -0.39 is 0 Å². The summed E-state index contributed by atoms with van der Waals surface area (Å²) < 4.78 is 2.38. The summed E-state index contributed by atoms with van der Waals surface area (Å²) in [4.78, 5) is 10.2. The monoisotopic (exact) mass is 599 g/mol. The third-order valence-corrected chi connectivity index (χ3v) is 9.02. The van der Waals surface area contributed by atoms with Crippen molar-refractivity contribution in [3.8, 4) is 50.6 Å². The van der Waals surface area contributed by atoms with Crippen LogP contribution in [0.3, 0.4) is 0 Å². The van der Waals surface area contributed by atoms with Gasteiger partial charge in [-0.3, -0.25) is 0 Å². The Bertz CT molecular complexity index is 2530. The lowest BCUT2D eigenvalue weighted by molar-refractivity contribution is 1.18. The van der Waals surface area contributed by atoms with Gasteiger partial charge in [-0.1, -0.05) is 140 Å². The first-order valence-corrected chi connectivity index (χ1v) is 15.9. The summed E-state index contributed by atoms with van der Waals surface area (Å²) in [6.07, 6.45) is 0. The van der Waals surface area contributed by atoms with E-state index in [1.54, 1.807) is 0 Å². The van der Waals surface area contributed by atoms with Crippen LogP contribution in [0.15, 0.2) is 176 Å². The van der Waals surface area contributed by atoms with E-state index in [9.17, 15) is 0 Å². The Morgan fingerprint density at radius 3 is 1.60 bits per heavy atom. The molecule has 0 bridgehead atoms. The first-order valence-electron chi connectivity index (χ1n) is 15.9. The maximum Gasteiger partial charge on any atom is 0.160 e. The lowest BCUT2D eigenvalue weighted by Gasteiger charge is -2.12. The maximum atomic E-state index is 5.10. The van der Waals surface area contributed by atoms with E-state index in [2.05, 4.69) is 156 Å². The number of hydrogen-bond acceptors (Lipinski definition) is 2. The van der Waals surface area contributed by atoms with Gasteiger partial charge in [0.05, 0.1) is 22.2 Å². The smallest absolute Gasteiger partial charge is 0.160 e. The van der Waals surface area contributed by atoms with Gasteiger partial charge in [0.1, 0.15) is 0 Å². The average molecular weight is 600 g/mol. The number of rotatable bonds is 5. The Balaban J connectivity index is 1.21. The van der Waals surface area contributed by atoms with Gasteiger partial charge in [0.25, 0.3) is 0 Å². The zero-order valence-corrected chi connectivity index (χ0v) is 25.6. The van der Waals surface area contributed by atoms with Crippen LogP contribution in [-0.2, 0) is 0 Å². The number of benzene rings is 7. The molecular formula is C44H29N3. The second-order valence-electron chi connectivity index (χ2n) is 11.9. The molecule has 2 heterocycles. The molecule has 0 saturated heterocycles. The van der Waals surface area contributed by atoms with Gasteiger partial charge in [-0.15, -0.1) is 0 Å². The Morgan fingerprint density at radius 2 is 0.872 bits per heavy atom. The van der Waals surface area contributed by atoms with Gasteiger partial charge in [0, 0.05) is 33.0 Å². The highest BCUT2D eigenvalue weighted by Gasteiger charge is 2.16. The van der Waals surface area contributed by atoms with Gasteiger partial charge >= 0.3 is 0 Å². The van der Waals surface area contributed by atoms with Crippen LogP contribution in [-0.4, -0.2) is 14.5 Å². The van der Waals surface area contributed by atoms with Crippen LogP contribution in [0.2, 0.25) is 0 Å². The zero-order valence-electron chi connectivity index (χ0n) is 25.6. The molecule has 0 radical (unpaired) electrons. The number of aromatic nitrogens is 3. The van der Waals surface area contributed by atoms with Crippen LogP contribution in [0.4, 0.5) is 0 Å².